The lowest BCUT2D eigenvalue weighted by molar-refractivity contribution is -0.135. The third-order valence-corrected chi connectivity index (χ3v) is 10.1. The first-order valence-electron chi connectivity index (χ1n) is 18.3. The molecule has 0 saturated carbocycles. The minimum Gasteiger partial charge on any atom is -0.494 e. The molecular weight excluding hydrogens is 660 g/mol. The molecule has 2 atom stereocenters. The molecule has 0 radical (unpaired) electrons. The Labute approximate surface area is 306 Å². The van der Waals surface area contributed by atoms with Gasteiger partial charge in [0.2, 0.25) is 17.7 Å². The van der Waals surface area contributed by atoms with E-state index in [1.54, 1.807) is 0 Å². The van der Waals surface area contributed by atoms with E-state index in [1.807, 2.05) is 60.4 Å². The molecule has 3 aliphatic heterocycles. The lowest BCUT2D eigenvalue weighted by Crippen LogP contribution is -2.47. The zero-order valence-corrected chi connectivity index (χ0v) is 30.4. The number of carbonyl (C=O) groups is 4. The van der Waals surface area contributed by atoms with Gasteiger partial charge in [0.1, 0.15) is 18.4 Å². The first-order valence-corrected chi connectivity index (χ1v) is 18.3. The van der Waals surface area contributed by atoms with Crippen LogP contribution in [0.5, 0.6) is 5.75 Å². The van der Waals surface area contributed by atoms with Gasteiger partial charge >= 0.3 is 6.09 Å². The van der Waals surface area contributed by atoms with Crippen LogP contribution >= 0.6 is 0 Å². The fraction of sp³-hybridized carbons (Fsp3) is 0.463. The van der Waals surface area contributed by atoms with Gasteiger partial charge in [0, 0.05) is 37.9 Å². The highest BCUT2D eigenvalue weighted by Gasteiger charge is 2.35. The number of nitrogens with two attached hydrogens (primary N) is 1. The second-order valence-corrected chi connectivity index (χ2v) is 14.3. The van der Waals surface area contributed by atoms with E-state index in [0.717, 1.165) is 67.0 Å². The van der Waals surface area contributed by atoms with Gasteiger partial charge in [-0.25, -0.2) is 4.79 Å². The molecule has 3 aromatic rings. The van der Waals surface area contributed by atoms with Crippen LogP contribution in [-0.4, -0.2) is 67.7 Å². The number of piperidine rings is 1. The maximum atomic E-state index is 13.4. The maximum absolute atomic E-state index is 13.4. The minimum atomic E-state index is -0.742. The van der Waals surface area contributed by atoms with Crippen molar-refractivity contribution in [3.63, 3.8) is 0 Å². The second-order valence-electron chi connectivity index (χ2n) is 14.3. The summed E-state index contributed by atoms with van der Waals surface area (Å²) >= 11 is 0. The van der Waals surface area contributed by atoms with E-state index in [1.165, 1.54) is 5.56 Å². The smallest absolute Gasteiger partial charge is 0.404 e. The van der Waals surface area contributed by atoms with Crippen molar-refractivity contribution in [2.24, 2.45) is 11.7 Å². The fourth-order valence-electron chi connectivity index (χ4n) is 6.71. The molecule has 3 aromatic carbocycles. The molecule has 2 saturated heterocycles. The van der Waals surface area contributed by atoms with E-state index in [0.29, 0.717) is 38.5 Å². The summed E-state index contributed by atoms with van der Waals surface area (Å²) in [7, 11) is 0. The number of carbonyl (C=O) groups excluding carboxylic acids is 4. The fourth-order valence-corrected chi connectivity index (χ4v) is 6.71. The highest BCUT2D eigenvalue weighted by atomic mass is 16.5. The molecule has 4 amide bonds. The average molecular weight is 713 g/mol. The van der Waals surface area contributed by atoms with E-state index >= 15 is 0 Å². The highest BCUT2D eigenvalue weighted by Crippen LogP contribution is 2.32. The largest absolute Gasteiger partial charge is 0.494 e. The Kier molecular flexibility index (Phi) is 13.7. The van der Waals surface area contributed by atoms with E-state index in [-0.39, 0.29) is 42.6 Å². The lowest BCUT2D eigenvalue weighted by Gasteiger charge is -2.38. The molecule has 278 valence electrons. The quantitative estimate of drug-likeness (QED) is 0.322. The highest BCUT2D eigenvalue weighted by molar-refractivity contribution is 5.89. The van der Waals surface area contributed by atoms with Crippen molar-refractivity contribution in [2.45, 2.75) is 83.4 Å². The summed E-state index contributed by atoms with van der Waals surface area (Å²) < 4.78 is 16.0. The van der Waals surface area contributed by atoms with Gasteiger partial charge in [-0.3, -0.25) is 14.4 Å². The number of primary amides is 1. The third kappa shape index (κ3) is 11.3. The number of benzene rings is 3. The Morgan fingerprint density at radius 1 is 0.981 bits per heavy atom. The van der Waals surface area contributed by atoms with E-state index < -0.39 is 12.1 Å². The topological polar surface area (TPSA) is 149 Å². The molecule has 6 rings (SSSR count). The Morgan fingerprint density at radius 3 is 2.46 bits per heavy atom. The number of hydrogen-bond acceptors (Lipinski definition) is 7. The van der Waals surface area contributed by atoms with Crippen LogP contribution in [0.2, 0.25) is 0 Å². The van der Waals surface area contributed by atoms with Crippen molar-refractivity contribution in [3.05, 3.63) is 101 Å². The summed E-state index contributed by atoms with van der Waals surface area (Å²) in [5, 5.41) is 5.96. The van der Waals surface area contributed by atoms with Gasteiger partial charge in [-0.15, -0.1) is 0 Å². The molecule has 4 bridgehead atoms. The molecule has 0 aromatic heterocycles. The van der Waals surface area contributed by atoms with Crippen molar-refractivity contribution >= 4 is 23.8 Å². The van der Waals surface area contributed by atoms with Crippen molar-refractivity contribution in [2.75, 3.05) is 32.9 Å². The molecule has 2 unspecified atom stereocenters. The summed E-state index contributed by atoms with van der Waals surface area (Å²) in [4.78, 5) is 51.3. The number of nitrogens with one attached hydrogen (secondary N) is 2. The van der Waals surface area contributed by atoms with Gasteiger partial charge < -0.3 is 35.5 Å². The number of hydrogen-bond donors (Lipinski definition) is 3. The van der Waals surface area contributed by atoms with Crippen molar-refractivity contribution in [3.8, 4) is 5.75 Å². The van der Waals surface area contributed by atoms with E-state index in [9.17, 15) is 19.2 Å². The van der Waals surface area contributed by atoms with Gasteiger partial charge in [-0.2, -0.15) is 0 Å². The number of aryl methyl sites for hydroxylation is 2. The first-order chi connectivity index (χ1) is 25.1. The van der Waals surface area contributed by atoms with Crippen LogP contribution in [0.1, 0.15) is 73.3 Å². The van der Waals surface area contributed by atoms with E-state index in [4.69, 9.17) is 15.2 Å². The average Bonchev–Trinajstić information content (AvgIpc) is 3.14. The number of nitrogens with zero attached hydrogens (tertiary/aromatic N) is 1. The lowest BCUT2D eigenvalue weighted by atomic mass is 9.80. The van der Waals surface area contributed by atoms with Crippen LogP contribution in [0.4, 0.5) is 4.79 Å². The van der Waals surface area contributed by atoms with Gasteiger partial charge in [0.15, 0.2) is 0 Å². The predicted molar refractivity (Wildman–Crippen MR) is 197 cm³/mol. The summed E-state index contributed by atoms with van der Waals surface area (Å²) in [5.41, 5.74) is 10.2. The summed E-state index contributed by atoms with van der Waals surface area (Å²) in [6.45, 7) is 8.30. The number of ether oxygens (including phenoxy) is 3. The van der Waals surface area contributed by atoms with Crippen molar-refractivity contribution in [1.29, 1.82) is 0 Å². The van der Waals surface area contributed by atoms with Crippen molar-refractivity contribution in [1.82, 2.24) is 15.5 Å². The van der Waals surface area contributed by atoms with Crippen LogP contribution < -0.4 is 21.1 Å². The number of rotatable bonds is 6. The normalized spacial score (nSPS) is 20.7. The summed E-state index contributed by atoms with van der Waals surface area (Å²) in [5.74, 6) is 0.675. The minimum absolute atomic E-state index is 0.00158. The molecule has 11 heteroatoms. The Morgan fingerprint density at radius 2 is 1.75 bits per heavy atom. The molecule has 3 aliphatic rings. The van der Waals surface area contributed by atoms with Gasteiger partial charge in [-0.05, 0) is 84.9 Å². The molecule has 2 fully saturated rings. The van der Waals surface area contributed by atoms with Crippen molar-refractivity contribution < 1.29 is 33.4 Å². The molecule has 11 nitrogen and oxygen atoms in total. The zero-order chi connectivity index (χ0) is 36.9. The first kappa shape index (κ1) is 38.3. The molecule has 0 spiro atoms. The summed E-state index contributed by atoms with van der Waals surface area (Å²) in [6, 6.07) is 23.1. The molecule has 0 aliphatic carbocycles. The van der Waals surface area contributed by atoms with Crippen LogP contribution in [0.3, 0.4) is 0 Å². The van der Waals surface area contributed by atoms with E-state index in [2.05, 4.69) is 46.6 Å². The second kappa shape index (κ2) is 18.5. The van der Waals surface area contributed by atoms with Gasteiger partial charge in [-0.1, -0.05) is 67.6 Å². The Balaban J connectivity index is 0.000000407. The molecule has 3 heterocycles. The standard InChI is InChI=1S/C33H43N3O5.C8H9NO2/c1-23-5-11-28-18-26(23)19-34-32(39)29(12-8-24-6-9-27(10-7-24)33(2)21-40-22-33)35-30(37)13-14-31(38)36-16-3-4-25(20-36)15-17-41-28;9-8(10)11-6-7-4-2-1-3-5-7/h5-7,9-11,18,25,29H,3-4,8,12-17,19-22H2,1-2H3,(H,34,39)(H,35,37);1-5H,6H2,(H2,9,10). The van der Waals surface area contributed by atoms with Crippen LogP contribution in [-0.2, 0) is 48.8 Å². The molecule has 4 N–H and O–H groups in total. The molecular formula is C41H52N4O7. The Hall–Kier alpha value is -4.90. The molecule has 52 heavy (non-hydrogen) atoms. The van der Waals surface area contributed by atoms with Crippen LogP contribution in [0.15, 0.2) is 72.8 Å². The van der Waals surface area contributed by atoms with Gasteiger partial charge in [0.25, 0.3) is 0 Å². The number of amides is 4. The monoisotopic (exact) mass is 712 g/mol. The predicted octanol–water partition coefficient (Wildman–Crippen LogP) is 5.10. The van der Waals surface area contributed by atoms with Crippen LogP contribution in [0, 0.1) is 12.8 Å². The third-order valence-electron chi connectivity index (χ3n) is 10.1. The SMILES string of the molecule is Cc1ccc2cc1CNC(=O)C(CCc1ccc(C3(C)COC3)cc1)NC(=O)CCC(=O)N1CCCC(CCO2)C1.NC(=O)OCc1ccccc1. The zero-order valence-electron chi connectivity index (χ0n) is 30.4. The maximum Gasteiger partial charge on any atom is 0.404 e. The Bertz CT molecular complexity index is 1660. The van der Waals surface area contributed by atoms with Crippen LogP contribution in [0.25, 0.3) is 0 Å². The van der Waals surface area contributed by atoms with Gasteiger partial charge in [0.05, 0.1) is 19.8 Å². The summed E-state index contributed by atoms with van der Waals surface area (Å²) in [6.07, 6.45) is 3.51. The number of fused-ring (bicyclic) bond motifs is 4.